The van der Waals surface area contributed by atoms with E-state index in [1.807, 2.05) is 0 Å². The Morgan fingerprint density at radius 2 is 2.32 bits per heavy atom. The lowest BCUT2D eigenvalue weighted by atomic mass is 10.1. The lowest BCUT2D eigenvalue weighted by Gasteiger charge is -2.07. The topological polar surface area (TPSA) is 62.2 Å². The Hall–Kier alpha value is -1.86. The van der Waals surface area contributed by atoms with Gasteiger partial charge in [-0.3, -0.25) is 9.78 Å². The van der Waals surface area contributed by atoms with Crippen LogP contribution in [0, 0.1) is 17.8 Å². The normalized spacial score (nSPS) is 9.89. The first kappa shape index (κ1) is 15.2. The van der Waals surface area contributed by atoms with Crippen LogP contribution in [-0.4, -0.2) is 29.1 Å². The van der Waals surface area contributed by atoms with Crippen LogP contribution >= 0.6 is 0 Å². The van der Waals surface area contributed by atoms with E-state index in [1.165, 1.54) is 6.20 Å². The van der Waals surface area contributed by atoms with Gasteiger partial charge in [0.1, 0.15) is 6.61 Å². The van der Waals surface area contributed by atoms with E-state index in [4.69, 9.17) is 5.11 Å². The largest absolute Gasteiger partial charge is 0.384 e. The van der Waals surface area contributed by atoms with Gasteiger partial charge in [0.15, 0.2) is 0 Å². The first-order chi connectivity index (χ1) is 9.15. The molecule has 0 fully saturated rings. The van der Waals surface area contributed by atoms with E-state index < -0.39 is 0 Å². The quantitative estimate of drug-likeness (QED) is 0.624. The number of carbonyl (C=O) groups excluding carboxylic acids is 1. The molecule has 0 saturated carbocycles. The van der Waals surface area contributed by atoms with Crippen LogP contribution in [-0.2, 0) is 0 Å². The summed E-state index contributed by atoms with van der Waals surface area (Å²) in [5, 5.41) is 11.6. The molecule has 0 spiro atoms. The summed E-state index contributed by atoms with van der Waals surface area (Å²) in [5.41, 5.74) is 1.04. The van der Waals surface area contributed by atoms with E-state index in [9.17, 15) is 4.79 Å². The summed E-state index contributed by atoms with van der Waals surface area (Å²) < 4.78 is 0. The second-order valence-electron chi connectivity index (χ2n) is 4.67. The molecule has 0 unspecified atom stereocenters. The fraction of sp³-hybridized carbons (Fsp3) is 0.467. The molecule has 1 amide bonds. The Kier molecular flexibility index (Phi) is 6.62. The second-order valence-corrected chi connectivity index (χ2v) is 4.67. The Bertz CT molecular complexity index is 473. The maximum absolute atomic E-state index is 12.0. The maximum Gasteiger partial charge on any atom is 0.252 e. The van der Waals surface area contributed by atoms with Crippen LogP contribution in [0.2, 0.25) is 0 Å². The minimum Gasteiger partial charge on any atom is -0.384 e. The molecular formula is C15H20N2O2. The number of aliphatic hydroxyl groups excluding tert-OH is 1. The van der Waals surface area contributed by atoms with Crippen LogP contribution < -0.4 is 5.32 Å². The number of aromatic nitrogens is 1. The van der Waals surface area contributed by atoms with E-state index in [2.05, 4.69) is 36.0 Å². The molecule has 0 aliphatic rings. The highest BCUT2D eigenvalue weighted by Crippen LogP contribution is 2.06. The summed E-state index contributed by atoms with van der Waals surface area (Å²) in [7, 11) is 0. The van der Waals surface area contributed by atoms with E-state index in [0.717, 1.165) is 12.8 Å². The number of carbonyl (C=O) groups is 1. The van der Waals surface area contributed by atoms with Crippen LogP contribution in [0.1, 0.15) is 42.6 Å². The van der Waals surface area contributed by atoms with Crippen LogP contribution in [0.3, 0.4) is 0 Å². The predicted octanol–water partition coefficient (Wildman–Crippen LogP) is 1.59. The number of pyridine rings is 1. The van der Waals surface area contributed by atoms with Crippen LogP contribution in [0.5, 0.6) is 0 Å². The van der Waals surface area contributed by atoms with Crippen molar-refractivity contribution in [2.24, 2.45) is 5.92 Å². The first-order valence-electron chi connectivity index (χ1n) is 6.47. The third-order valence-electron chi connectivity index (χ3n) is 2.61. The van der Waals surface area contributed by atoms with Crippen molar-refractivity contribution in [1.82, 2.24) is 10.3 Å². The van der Waals surface area contributed by atoms with E-state index in [0.29, 0.717) is 23.6 Å². The fourth-order valence-corrected chi connectivity index (χ4v) is 1.63. The van der Waals surface area contributed by atoms with Gasteiger partial charge in [0.2, 0.25) is 0 Å². The van der Waals surface area contributed by atoms with Gasteiger partial charge in [-0.2, -0.15) is 0 Å². The number of aliphatic hydroxyl groups is 1. The molecule has 2 N–H and O–H groups in total. The van der Waals surface area contributed by atoms with E-state index in [1.54, 1.807) is 12.3 Å². The van der Waals surface area contributed by atoms with Crippen LogP contribution in [0.4, 0.5) is 0 Å². The molecule has 0 aromatic carbocycles. The molecule has 1 aromatic heterocycles. The molecule has 0 aliphatic heterocycles. The van der Waals surface area contributed by atoms with Gasteiger partial charge in [0.05, 0.1) is 11.1 Å². The molecule has 1 rings (SSSR count). The summed E-state index contributed by atoms with van der Waals surface area (Å²) in [5.74, 6) is 5.75. The summed E-state index contributed by atoms with van der Waals surface area (Å²) in [4.78, 5) is 15.9. The van der Waals surface area contributed by atoms with Gasteiger partial charge in [-0.25, -0.2) is 0 Å². The molecule has 19 heavy (non-hydrogen) atoms. The molecule has 0 radical (unpaired) electrons. The zero-order valence-electron chi connectivity index (χ0n) is 11.4. The summed E-state index contributed by atoms with van der Waals surface area (Å²) in [6, 6.07) is 1.64. The van der Waals surface area contributed by atoms with Gasteiger partial charge >= 0.3 is 0 Å². The number of rotatable bonds is 5. The molecule has 0 bridgehead atoms. The molecule has 0 aliphatic carbocycles. The van der Waals surface area contributed by atoms with Crippen LogP contribution in [0.25, 0.3) is 0 Å². The summed E-state index contributed by atoms with van der Waals surface area (Å²) >= 11 is 0. The molecule has 0 atom stereocenters. The molecule has 1 heterocycles. The smallest absolute Gasteiger partial charge is 0.252 e. The van der Waals surface area contributed by atoms with Crippen molar-refractivity contribution in [1.29, 1.82) is 0 Å². The Morgan fingerprint density at radius 3 is 3.00 bits per heavy atom. The van der Waals surface area contributed by atoms with Gasteiger partial charge in [0.25, 0.3) is 5.91 Å². The van der Waals surface area contributed by atoms with Crippen molar-refractivity contribution in [3.05, 3.63) is 29.6 Å². The summed E-state index contributed by atoms with van der Waals surface area (Å²) in [6.45, 7) is 4.75. The zero-order valence-corrected chi connectivity index (χ0v) is 11.4. The lowest BCUT2D eigenvalue weighted by Crippen LogP contribution is -2.25. The number of hydrogen-bond donors (Lipinski definition) is 2. The molecule has 0 saturated heterocycles. The number of hydrogen-bond acceptors (Lipinski definition) is 3. The number of nitrogens with zero attached hydrogens (tertiary/aromatic N) is 1. The van der Waals surface area contributed by atoms with Crippen molar-refractivity contribution < 1.29 is 9.90 Å². The maximum atomic E-state index is 12.0. The van der Waals surface area contributed by atoms with Crippen molar-refractivity contribution in [3.8, 4) is 11.8 Å². The minimum atomic E-state index is -0.232. The molecular weight excluding hydrogens is 240 g/mol. The monoisotopic (exact) mass is 260 g/mol. The van der Waals surface area contributed by atoms with E-state index >= 15 is 0 Å². The molecule has 1 aromatic rings. The Balaban J connectivity index is 2.61. The lowest BCUT2D eigenvalue weighted by molar-refractivity contribution is 0.0952. The minimum absolute atomic E-state index is 0.145. The van der Waals surface area contributed by atoms with Crippen molar-refractivity contribution >= 4 is 5.91 Å². The average molecular weight is 260 g/mol. The zero-order chi connectivity index (χ0) is 14.1. The average Bonchev–Trinajstić information content (AvgIpc) is 2.41. The van der Waals surface area contributed by atoms with Crippen LogP contribution in [0.15, 0.2) is 18.5 Å². The van der Waals surface area contributed by atoms with Gasteiger partial charge < -0.3 is 10.4 Å². The number of nitrogens with one attached hydrogen (secondary N) is 1. The van der Waals surface area contributed by atoms with Crippen molar-refractivity contribution in [3.63, 3.8) is 0 Å². The molecule has 102 valence electrons. The standard InChI is InChI=1S/C15H20N2O2/c1-12(2)5-3-8-17-15(19)14-7-9-16-11-13(14)6-4-10-18/h7,9,11-12,18H,3,5,8,10H2,1-2H3,(H,17,19). The highest BCUT2D eigenvalue weighted by Gasteiger charge is 2.09. The highest BCUT2D eigenvalue weighted by atomic mass is 16.2. The fourth-order valence-electron chi connectivity index (χ4n) is 1.63. The van der Waals surface area contributed by atoms with Crippen molar-refractivity contribution in [2.45, 2.75) is 26.7 Å². The highest BCUT2D eigenvalue weighted by molar-refractivity contribution is 5.96. The Labute approximate surface area is 114 Å². The summed E-state index contributed by atoms with van der Waals surface area (Å²) in [6.07, 6.45) is 5.15. The van der Waals surface area contributed by atoms with Gasteiger partial charge in [-0.05, 0) is 24.8 Å². The molecule has 4 nitrogen and oxygen atoms in total. The SMILES string of the molecule is CC(C)CCCNC(=O)c1ccncc1C#CCO. The number of amides is 1. The van der Waals surface area contributed by atoms with Gasteiger partial charge in [-0.15, -0.1) is 0 Å². The van der Waals surface area contributed by atoms with Gasteiger partial charge in [0, 0.05) is 18.9 Å². The Morgan fingerprint density at radius 1 is 1.53 bits per heavy atom. The third kappa shape index (κ3) is 5.54. The predicted molar refractivity (Wildman–Crippen MR) is 74.6 cm³/mol. The van der Waals surface area contributed by atoms with Gasteiger partial charge in [-0.1, -0.05) is 25.7 Å². The second kappa shape index (κ2) is 8.28. The van der Waals surface area contributed by atoms with E-state index in [-0.39, 0.29) is 12.5 Å². The van der Waals surface area contributed by atoms with Crippen molar-refractivity contribution in [2.75, 3.05) is 13.2 Å². The first-order valence-corrected chi connectivity index (χ1v) is 6.47. The molecule has 4 heteroatoms. The third-order valence-corrected chi connectivity index (χ3v) is 2.61.